The Morgan fingerprint density at radius 1 is 1.23 bits per heavy atom. The van der Waals surface area contributed by atoms with Crippen LogP contribution in [0.25, 0.3) is 17.1 Å². The van der Waals surface area contributed by atoms with Crippen LogP contribution in [0.15, 0.2) is 30.5 Å². The zero-order chi connectivity index (χ0) is 9.10. The molecule has 0 atom stereocenters. The zero-order valence-corrected chi connectivity index (χ0v) is 6.77. The number of aromatic nitrogens is 2. The summed E-state index contributed by atoms with van der Waals surface area (Å²) in [6.07, 6.45) is 3.01. The summed E-state index contributed by atoms with van der Waals surface area (Å²) in [7, 11) is 0. The van der Waals surface area contributed by atoms with E-state index in [0.717, 1.165) is 11.0 Å². The van der Waals surface area contributed by atoms with Crippen molar-refractivity contribution in [3.63, 3.8) is 0 Å². The predicted octanol–water partition coefficient (Wildman–Crippen LogP) is 1.47. The van der Waals surface area contributed by atoms with Gasteiger partial charge in [0.1, 0.15) is 5.94 Å². The summed E-state index contributed by atoms with van der Waals surface area (Å²) in [5, 5.41) is 0. The lowest BCUT2D eigenvalue weighted by atomic mass is 10.3. The van der Waals surface area contributed by atoms with Gasteiger partial charge in [0.2, 0.25) is 0 Å². The highest BCUT2D eigenvalue weighted by Crippen LogP contribution is 2.08. The topological polar surface area (TPSA) is 42.9 Å². The van der Waals surface area contributed by atoms with Crippen LogP contribution in [-0.4, -0.2) is 15.9 Å². The van der Waals surface area contributed by atoms with Gasteiger partial charge < -0.3 is 0 Å². The molecule has 2 rings (SSSR count). The lowest BCUT2D eigenvalue weighted by Gasteiger charge is -1.95. The first-order valence-corrected chi connectivity index (χ1v) is 3.83. The number of rotatable bonds is 1. The average Bonchev–Trinajstić information content (AvgIpc) is 2.18. The van der Waals surface area contributed by atoms with E-state index in [1.54, 1.807) is 18.2 Å². The third-order valence-electron chi connectivity index (χ3n) is 1.68. The molecule has 2 aromatic heterocycles. The van der Waals surface area contributed by atoms with Crippen molar-refractivity contribution in [2.24, 2.45) is 0 Å². The van der Waals surface area contributed by atoms with Gasteiger partial charge in [0.05, 0.1) is 16.7 Å². The fourth-order valence-electron chi connectivity index (χ4n) is 1.11. The molecule has 13 heavy (non-hydrogen) atoms. The standard InChI is InChI=1S/C10H6N2O/c13-7-5-8-3-4-9-10(12-8)2-1-6-11-9/h1-6H. The highest BCUT2D eigenvalue weighted by molar-refractivity contribution is 5.79. The number of nitrogens with zero attached hydrogens (tertiary/aromatic N) is 2. The van der Waals surface area contributed by atoms with Gasteiger partial charge in [-0.1, -0.05) is 0 Å². The fraction of sp³-hybridized carbons (Fsp3) is 0. The van der Waals surface area contributed by atoms with Gasteiger partial charge in [0.25, 0.3) is 0 Å². The SMILES string of the molecule is O=C=Cc1ccc2ncccc2n1. The maximum Gasteiger partial charge on any atom is 0.126 e. The molecule has 2 heterocycles. The van der Waals surface area contributed by atoms with Crippen LogP contribution in [-0.2, 0) is 4.79 Å². The highest BCUT2D eigenvalue weighted by Gasteiger charge is 1.94. The molecule has 0 aromatic carbocycles. The molecule has 0 radical (unpaired) electrons. The van der Waals surface area contributed by atoms with E-state index in [1.807, 2.05) is 18.2 Å². The number of pyridine rings is 2. The summed E-state index contributed by atoms with van der Waals surface area (Å²) >= 11 is 0. The van der Waals surface area contributed by atoms with Crippen LogP contribution in [0.2, 0.25) is 0 Å². The summed E-state index contributed by atoms with van der Waals surface area (Å²) in [6, 6.07) is 7.22. The summed E-state index contributed by atoms with van der Waals surface area (Å²) < 4.78 is 0. The zero-order valence-electron chi connectivity index (χ0n) is 6.77. The molecule has 0 fully saturated rings. The molecule has 2 aromatic rings. The highest BCUT2D eigenvalue weighted by atomic mass is 16.1. The van der Waals surface area contributed by atoms with Gasteiger partial charge in [-0.05, 0) is 24.3 Å². The van der Waals surface area contributed by atoms with E-state index in [2.05, 4.69) is 9.97 Å². The van der Waals surface area contributed by atoms with Crippen LogP contribution in [0, 0.1) is 0 Å². The second kappa shape index (κ2) is 3.17. The Morgan fingerprint density at radius 2 is 2.15 bits per heavy atom. The van der Waals surface area contributed by atoms with Crippen molar-refractivity contribution in [2.45, 2.75) is 0 Å². The Morgan fingerprint density at radius 3 is 3.00 bits per heavy atom. The minimum absolute atomic E-state index is 0.607. The molecule has 0 saturated heterocycles. The van der Waals surface area contributed by atoms with Gasteiger partial charge in [0.15, 0.2) is 0 Å². The molecule has 0 amide bonds. The first-order chi connectivity index (χ1) is 6.40. The van der Waals surface area contributed by atoms with Crippen LogP contribution in [0.4, 0.5) is 0 Å². The van der Waals surface area contributed by atoms with E-state index in [0.29, 0.717) is 5.69 Å². The van der Waals surface area contributed by atoms with Crippen LogP contribution in [0.5, 0.6) is 0 Å². The summed E-state index contributed by atoms with van der Waals surface area (Å²) in [6.45, 7) is 0. The molecule has 62 valence electrons. The van der Waals surface area contributed by atoms with Gasteiger partial charge >= 0.3 is 0 Å². The van der Waals surface area contributed by atoms with Gasteiger partial charge in [-0.3, -0.25) is 4.98 Å². The second-order valence-corrected chi connectivity index (χ2v) is 2.54. The normalized spacial score (nSPS) is 9.54. The molecule has 0 aliphatic rings. The Hall–Kier alpha value is -1.99. The first-order valence-electron chi connectivity index (χ1n) is 3.83. The maximum atomic E-state index is 10.1. The van der Waals surface area contributed by atoms with Crippen molar-refractivity contribution in [1.82, 2.24) is 9.97 Å². The van der Waals surface area contributed by atoms with Crippen molar-refractivity contribution in [1.29, 1.82) is 0 Å². The third kappa shape index (κ3) is 1.45. The molecule has 0 unspecified atom stereocenters. The Balaban J connectivity index is 2.68. The predicted molar refractivity (Wildman–Crippen MR) is 49.7 cm³/mol. The first kappa shape index (κ1) is 7.65. The Bertz CT molecular complexity index is 487. The Labute approximate surface area is 74.8 Å². The van der Waals surface area contributed by atoms with Crippen LogP contribution < -0.4 is 0 Å². The molecule has 0 bridgehead atoms. The molecule has 0 spiro atoms. The quantitative estimate of drug-likeness (QED) is 0.609. The van der Waals surface area contributed by atoms with E-state index < -0.39 is 0 Å². The average molecular weight is 170 g/mol. The number of carbonyl (C=O) groups excluding carboxylic acids is 1. The largest absolute Gasteiger partial charge is 0.255 e. The van der Waals surface area contributed by atoms with Crippen LogP contribution in [0.1, 0.15) is 5.69 Å². The third-order valence-corrected chi connectivity index (χ3v) is 1.68. The van der Waals surface area contributed by atoms with Crippen LogP contribution >= 0.6 is 0 Å². The van der Waals surface area contributed by atoms with Gasteiger partial charge in [-0.2, -0.15) is 0 Å². The van der Waals surface area contributed by atoms with E-state index in [-0.39, 0.29) is 0 Å². The van der Waals surface area contributed by atoms with Gasteiger partial charge in [-0.25, -0.2) is 9.78 Å². The number of hydrogen-bond acceptors (Lipinski definition) is 3. The molecular formula is C10H6N2O. The van der Waals surface area contributed by atoms with Gasteiger partial charge in [-0.15, -0.1) is 0 Å². The molecule has 0 aliphatic carbocycles. The molecule has 3 nitrogen and oxygen atoms in total. The maximum absolute atomic E-state index is 10.1. The van der Waals surface area contributed by atoms with E-state index in [1.165, 1.54) is 6.08 Å². The van der Waals surface area contributed by atoms with Crippen molar-refractivity contribution >= 4 is 23.1 Å². The lowest BCUT2D eigenvalue weighted by Crippen LogP contribution is -1.84. The van der Waals surface area contributed by atoms with Gasteiger partial charge in [0, 0.05) is 12.3 Å². The minimum Gasteiger partial charge on any atom is -0.255 e. The monoisotopic (exact) mass is 170 g/mol. The molecule has 0 N–H and O–H groups in total. The minimum atomic E-state index is 0.607. The molecule has 0 aliphatic heterocycles. The van der Waals surface area contributed by atoms with E-state index >= 15 is 0 Å². The van der Waals surface area contributed by atoms with Crippen molar-refractivity contribution < 1.29 is 4.79 Å². The molecule has 3 heteroatoms. The molecule has 0 saturated carbocycles. The Kier molecular flexibility index (Phi) is 1.87. The van der Waals surface area contributed by atoms with Crippen molar-refractivity contribution in [3.05, 3.63) is 36.2 Å². The smallest absolute Gasteiger partial charge is 0.126 e. The number of fused-ring (bicyclic) bond motifs is 1. The summed E-state index contributed by atoms with van der Waals surface area (Å²) in [5.74, 6) is 1.69. The molecular weight excluding hydrogens is 164 g/mol. The van der Waals surface area contributed by atoms with E-state index in [4.69, 9.17) is 0 Å². The number of hydrogen-bond donors (Lipinski definition) is 0. The van der Waals surface area contributed by atoms with Crippen molar-refractivity contribution in [2.75, 3.05) is 0 Å². The van der Waals surface area contributed by atoms with Crippen molar-refractivity contribution in [3.8, 4) is 0 Å². The second-order valence-electron chi connectivity index (χ2n) is 2.54. The van der Waals surface area contributed by atoms with E-state index in [9.17, 15) is 4.79 Å². The fourth-order valence-corrected chi connectivity index (χ4v) is 1.11. The summed E-state index contributed by atoms with van der Waals surface area (Å²) in [5.41, 5.74) is 2.22. The van der Waals surface area contributed by atoms with Crippen LogP contribution in [0.3, 0.4) is 0 Å². The lowest BCUT2D eigenvalue weighted by molar-refractivity contribution is 0.570. The summed E-state index contributed by atoms with van der Waals surface area (Å²) in [4.78, 5) is 18.4.